The molecule has 1 nitrogen and oxygen atoms in total. The normalized spacial score (nSPS) is 49.1. The van der Waals surface area contributed by atoms with Gasteiger partial charge in [-0.25, -0.2) is 0 Å². The smallest absolute Gasteiger partial charge is 0.0290 e. The molecule has 0 atom stereocenters. The second kappa shape index (κ2) is 3.52. The molecule has 3 N–H and O–H groups in total. The van der Waals surface area contributed by atoms with Gasteiger partial charge in [-0.15, -0.1) is 0 Å². The van der Waals surface area contributed by atoms with Crippen LogP contribution < -0.4 is 6.15 Å². The quantitative estimate of drug-likeness (QED) is 0.705. The number of hydrogen-bond acceptors (Lipinski definition) is 1. The highest BCUT2D eigenvalue weighted by molar-refractivity contribution is 5.00. The van der Waals surface area contributed by atoms with E-state index in [4.69, 9.17) is 0 Å². The average Bonchev–Trinajstić information content (AvgIpc) is 2.00. The molecule has 0 aromatic rings. The van der Waals surface area contributed by atoms with Crippen LogP contribution in [0.15, 0.2) is 0 Å². The average molecular weight is 195 g/mol. The molecule has 1 heteroatoms. The van der Waals surface area contributed by atoms with E-state index in [0.717, 1.165) is 23.2 Å². The number of rotatable bonds is 2. The molecule has 0 radical (unpaired) electrons. The Balaban J connectivity index is 0.000000750. The first-order valence-electron chi connectivity index (χ1n) is 6.30. The number of hydrogen-bond donors (Lipinski definition) is 1. The fourth-order valence-corrected chi connectivity index (χ4v) is 5.13. The van der Waals surface area contributed by atoms with E-state index in [0.29, 0.717) is 0 Å². The van der Waals surface area contributed by atoms with E-state index in [1.54, 1.807) is 38.5 Å². The molecular formula is C13H25N. The van der Waals surface area contributed by atoms with Gasteiger partial charge in [0.05, 0.1) is 0 Å². The Kier molecular flexibility index (Phi) is 2.63. The third-order valence-corrected chi connectivity index (χ3v) is 4.95. The molecule has 82 valence electrons. The van der Waals surface area contributed by atoms with Crippen molar-refractivity contribution in [2.24, 2.45) is 23.2 Å². The van der Waals surface area contributed by atoms with Gasteiger partial charge in [0, 0.05) is 0 Å². The van der Waals surface area contributed by atoms with Crippen LogP contribution in [-0.4, -0.2) is 0 Å². The van der Waals surface area contributed by atoms with Crippen LogP contribution in [0.1, 0.15) is 58.3 Å². The van der Waals surface area contributed by atoms with E-state index in [1.807, 2.05) is 0 Å². The van der Waals surface area contributed by atoms with Crippen molar-refractivity contribution in [3.63, 3.8) is 0 Å². The highest BCUT2D eigenvalue weighted by Crippen LogP contribution is 2.61. The van der Waals surface area contributed by atoms with E-state index < -0.39 is 0 Å². The van der Waals surface area contributed by atoms with Crippen LogP contribution in [0.5, 0.6) is 0 Å². The molecule has 0 heterocycles. The lowest BCUT2D eigenvalue weighted by Gasteiger charge is -2.57. The molecule has 0 aliphatic heterocycles. The SMILES string of the molecule is CCCC12CC3CC(CC(C3)C1)C2.N. The topological polar surface area (TPSA) is 35.0 Å². The maximum absolute atomic E-state index is 2.37. The van der Waals surface area contributed by atoms with Gasteiger partial charge in [-0.2, -0.15) is 0 Å². The summed E-state index contributed by atoms with van der Waals surface area (Å²) in [5.41, 5.74) is 0.851. The summed E-state index contributed by atoms with van der Waals surface area (Å²) in [6.07, 6.45) is 12.6. The summed E-state index contributed by atoms with van der Waals surface area (Å²) in [4.78, 5) is 0. The molecule has 4 aliphatic carbocycles. The monoisotopic (exact) mass is 195 g/mol. The highest BCUT2D eigenvalue weighted by atomic mass is 14.5. The Morgan fingerprint density at radius 3 is 1.71 bits per heavy atom. The Morgan fingerprint density at radius 2 is 1.36 bits per heavy atom. The second-order valence-corrected chi connectivity index (χ2v) is 6.17. The Labute approximate surface area is 88.2 Å². The summed E-state index contributed by atoms with van der Waals surface area (Å²) in [7, 11) is 0. The summed E-state index contributed by atoms with van der Waals surface area (Å²) in [5.74, 6) is 3.45. The highest BCUT2D eigenvalue weighted by Gasteiger charge is 2.49. The third-order valence-electron chi connectivity index (χ3n) is 4.95. The zero-order valence-corrected chi connectivity index (χ0v) is 9.60. The molecule has 0 aromatic carbocycles. The predicted octanol–water partition coefficient (Wildman–Crippen LogP) is 4.16. The lowest BCUT2D eigenvalue weighted by molar-refractivity contribution is -0.0574. The van der Waals surface area contributed by atoms with Crippen molar-refractivity contribution in [3.8, 4) is 0 Å². The minimum absolute atomic E-state index is 0. The van der Waals surface area contributed by atoms with Gasteiger partial charge in [-0.3, -0.25) is 0 Å². The van der Waals surface area contributed by atoms with Crippen molar-refractivity contribution in [2.45, 2.75) is 58.3 Å². The predicted molar refractivity (Wildman–Crippen MR) is 60.5 cm³/mol. The molecule has 0 aromatic heterocycles. The Hall–Kier alpha value is -0.0400. The third kappa shape index (κ3) is 1.50. The lowest BCUT2D eigenvalue weighted by atomic mass is 9.49. The van der Waals surface area contributed by atoms with Crippen molar-refractivity contribution in [3.05, 3.63) is 0 Å². The first-order chi connectivity index (χ1) is 6.30. The zero-order chi connectivity index (χ0) is 8.89. The van der Waals surface area contributed by atoms with Gasteiger partial charge in [0.2, 0.25) is 0 Å². The van der Waals surface area contributed by atoms with E-state index in [1.165, 1.54) is 12.8 Å². The first-order valence-corrected chi connectivity index (χ1v) is 6.30. The van der Waals surface area contributed by atoms with Crippen LogP contribution in [0, 0.1) is 23.2 Å². The largest absolute Gasteiger partial charge is 0.344 e. The van der Waals surface area contributed by atoms with Gasteiger partial charge < -0.3 is 6.15 Å². The van der Waals surface area contributed by atoms with Crippen LogP contribution in [0.25, 0.3) is 0 Å². The molecule has 4 aliphatic rings. The maximum atomic E-state index is 2.37. The van der Waals surface area contributed by atoms with Crippen LogP contribution >= 0.6 is 0 Å². The Morgan fingerprint density at radius 1 is 0.929 bits per heavy atom. The molecule has 4 rings (SSSR count). The fourth-order valence-electron chi connectivity index (χ4n) is 5.13. The zero-order valence-electron chi connectivity index (χ0n) is 9.60. The first kappa shape index (κ1) is 10.5. The Bertz CT molecular complexity index is 174. The summed E-state index contributed by atoms with van der Waals surface area (Å²) >= 11 is 0. The van der Waals surface area contributed by atoms with Crippen molar-refractivity contribution >= 4 is 0 Å². The van der Waals surface area contributed by atoms with Crippen LogP contribution in [0.3, 0.4) is 0 Å². The molecular weight excluding hydrogens is 170 g/mol. The molecule has 0 saturated heterocycles. The van der Waals surface area contributed by atoms with E-state index in [-0.39, 0.29) is 6.15 Å². The molecule has 4 bridgehead atoms. The lowest BCUT2D eigenvalue weighted by Crippen LogP contribution is -2.45. The second-order valence-electron chi connectivity index (χ2n) is 6.17. The summed E-state index contributed by atoms with van der Waals surface area (Å²) < 4.78 is 0. The van der Waals surface area contributed by atoms with Crippen LogP contribution in [-0.2, 0) is 0 Å². The molecule has 0 spiro atoms. The standard InChI is InChI=1S/C13H22.H3N/c1-2-3-13-7-10-4-11(8-13)6-12(5-10)9-13;/h10-12H,2-9H2,1H3;1H3. The molecule has 0 amide bonds. The van der Waals surface area contributed by atoms with Gasteiger partial charge in [-0.05, 0) is 68.1 Å². The van der Waals surface area contributed by atoms with Gasteiger partial charge >= 0.3 is 0 Å². The van der Waals surface area contributed by atoms with Crippen LogP contribution in [0.2, 0.25) is 0 Å². The molecule has 4 fully saturated rings. The van der Waals surface area contributed by atoms with Gasteiger partial charge in [-0.1, -0.05) is 13.3 Å². The van der Waals surface area contributed by atoms with E-state index in [9.17, 15) is 0 Å². The fraction of sp³-hybridized carbons (Fsp3) is 1.00. The van der Waals surface area contributed by atoms with Crippen molar-refractivity contribution < 1.29 is 0 Å². The summed E-state index contributed by atoms with van der Waals surface area (Å²) in [5, 5.41) is 0. The van der Waals surface area contributed by atoms with E-state index in [2.05, 4.69) is 6.92 Å². The van der Waals surface area contributed by atoms with Gasteiger partial charge in [0.15, 0.2) is 0 Å². The van der Waals surface area contributed by atoms with Crippen molar-refractivity contribution in [1.29, 1.82) is 0 Å². The van der Waals surface area contributed by atoms with Gasteiger partial charge in [0.25, 0.3) is 0 Å². The van der Waals surface area contributed by atoms with Gasteiger partial charge in [0.1, 0.15) is 0 Å². The minimum atomic E-state index is 0. The molecule has 14 heavy (non-hydrogen) atoms. The minimum Gasteiger partial charge on any atom is -0.344 e. The van der Waals surface area contributed by atoms with Crippen molar-refractivity contribution in [2.75, 3.05) is 0 Å². The summed E-state index contributed by atoms with van der Waals surface area (Å²) in [6, 6.07) is 0. The molecule has 0 unspecified atom stereocenters. The summed E-state index contributed by atoms with van der Waals surface area (Å²) in [6.45, 7) is 2.37. The van der Waals surface area contributed by atoms with E-state index >= 15 is 0 Å². The van der Waals surface area contributed by atoms with Crippen molar-refractivity contribution in [1.82, 2.24) is 6.15 Å². The molecule has 4 saturated carbocycles. The van der Waals surface area contributed by atoms with Crippen LogP contribution in [0.4, 0.5) is 0 Å². The maximum Gasteiger partial charge on any atom is -0.0290 e.